The van der Waals surface area contributed by atoms with Crippen LogP contribution in [0, 0.1) is 0 Å². The minimum Gasteiger partial charge on any atom is -0.504 e. The first-order valence-electron chi connectivity index (χ1n) is 9.51. The summed E-state index contributed by atoms with van der Waals surface area (Å²) in [6.45, 7) is 2.64. The highest BCUT2D eigenvalue weighted by atomic mass is 32.2. The molecular weight excluding hydrogens is 420 g/mol. The van der Waals surface area contributed by atoms with Crippen molar-refractivity contribution in [2.24, 2.45) is 4.99 Å². The SMILES string of the molecule is CCOc1ccc(C=C2SC(=O)N(CCN=Cc3cccc(O)c3O)C2=O)cc1OC. The molecule has 2 aromatic rings. The highest BCUT2D eigenvalue weighted by Gasteiger charge is 2.34. The van der Waals surface area contributed by atoms with Crippen molar-refractivity contribution in [1.29, 1.82) is 0 Å². The Balaban J connectivity index is 1.66. The van der Waals surface area contributed by atoms with Crippen molar-refractivity contribution in [3.05, 3.63) is 52.4 Å². The summed E-state index contributed by atoms with van der Waals surface area (Å²) >= 11 is 0.865. The number of aromatic hydroxyl groups is 2. The molecule has 0 aliphatic carbocycles. The third-order valence-corrected chi connectivity index (χ3v) is 5.30. The minimum atomic E-state index is -0.391. The van der Waals surface area contributed by atoms with E-state index in [0.717, 1.165) is 16.7 Å². The van der Waals surface area contributed by atoms with Crippen molar-refractivity contribution >= 4 is 35.2 Å². The second-order valence-electron chi connectivity index (χ2n) is 6.43. The van der Waals surface area contributed by atoms with Gasteiger partial charge < -0.3 is 19.7 Å². The largest absolute Gasteiger partial charge is 0.504 e. The number of benzene rings is 2. The lowest BCUT2D eigenvalue weighted by molar-refractivity contribution is -0.122. The highest BCUT2D eigenvalue weighted by Crippen LogP contribution is 2.34. The smallest absolute Gasteiger partial charge is 0.293 e. The van der Waals surface area contributed by atoms with Gasteiger partial charge in [0.05, 0.1) is 25.2 Å². The first-order chi connectivity index (χ1) is 14.9. The molecule has 1 saturated heterocycles. The Hall–Kier alpha value is -3.46. The quantitative estimate of drug-likeness (QED) is 0.365. The summed E-state index contributed by atoms with van der Waals surface area (Å²) in [5.41, 5.74) is 1.06. The van der Waals surface area contributed by atoms with E-state index in [2.05, 4.69) is 4.99 Å². The number of hydrogen-bond acceptors (Lipinski definition) is 8. The molecule has 8 nitrogen and oxygen atoms in total. The van der Waals surface area contributed by atoms with Crippen LogP contribution in [-0.4, -0.2) is 59.3 Å². The molecule has 0 radical (unpaired) electrons. The zero-order chi connectivity index (χ0) is 22.4. The first kappa shape index (κ1) is 22.2. The number of thioether (sulfide) groups is 1. The van der Waals surface area contributed by atoms with E-state index in [1.807, 2.05) is 6.92 Å². The molecule has 0 bridgehead atoms. The average Bonchev–Trinajstić information content (AvgIpc) is 3.02. The molecule has 2 aromatic carbocycles. The van der Waals surface area contributed by atoms with Crippen LogP contribution in [-0.2, 0) is 4.79 Å². The molecule has 9 heteroatoms. The van der Waals surface area contributed by atoms with E-state index in [1.165, 1.54) is 19.4 Å². The lowest BCUT2D eigenvalue weighted by atomic mass is 10.2. The van der Waals surface area contributed by atoms with Crippen LogP contribution in [0.1, 0.15) is 18.1 Å². The number of phenols is 2. The predicted octanol–water partition coefficient (Wildman–Crippen LogP) is 3.66. The summed E-state index contributed by atoms with van der Waals surface area (Å²) in [6, 6.07) is 9.81. The maximum atomic E-state index is 12.6. The zero-order valence-electron chi connectivity index (χ0n) is 17.1. The molecule has 162 valence electrons. The molecule has 2 N–H and O–H groups in total. The number of aliphatic imine (C=N–C) groups is 1. The second-order valence-corrected chi connectivity index (χ2v) is 7.42. The van der Waals surface area contributed by atoms with Crippen LogP contribution in [0.5, 0.6) is 23.0 Å². The Morgan fingerprint density at radius 3 is 2.71 bits per heavy atom. The fraction of sp³-hybridized carbons (Fsp3) is 0.227. The van der Waals surface area contributed by atoms with Crippen molar-refractivity contribution < 1.29 is 29.3 Å². The van der Waals surface area contributed by atoms with Crippen molar-refractivity contribution in [2.45, 2.75) is 6.92 Å². The van der Waals surface area contributed by atoms with Gasteiger partial charge in [0.25, 0.3) is 11.1 Å². The van der Waals surface area contributed by atoms with Gasteiger partial charge in [0, 0.05) is 18.3 Å². The van der Waals surface area contributed by atoms with E-state index >= 15 is 0 Å². The van der Waals surface area contributed by atoms with Crippen LogP contribution in [0.15, 0.2) is 46.3 Å². The fourth-order valence-corrected chi connectivity index (χ4v) is 3.73. The summed E-state index contributed by atoms with van der Waals surface area (Å²) in [5.74, 6) is 0.237. The standard InChI is InChI=1S/C22H22N2O6S/c1-3-30-17-8-7-14(11-18(17)29-2)12-19-21(27)24(22(28)31-19)10-9-23-13-15-5-4-6-16(25)20(15)26/h4-8,11-13,25-26H,3,9-10H2,1-2H3. The molecule has 0 saturated carbocycles. The van der Waals surface area contributed by atoms with Gasteiger partial charge in [-0.2, -0.15) is 0 Å². The maximum Gasteiger partial charge on any atom is 0.293 e. The molecule has 3 rings (SSSR count). The molecular formula is C22H22N2O6S. The number of hydrogen-bond donors (Lipinski definition) is 2. The van der Waals surface area contributed by atoms with E-state index in [9.17, 15) is 19.8 Å². The molecule has 0 unspecified atom stereocenters. The Bertz CT molecular complexity index is 1050. The second kappa shape index (κ2) is 10.0. The van der Waals surface area contributed by atoms with Crippen LogP contribution in [0.2, 0.25) is 0 Å². The molecule has 1 aliphatic heterocycles. The van der Waals surface area contributed by atoms with Gasteiger partial charge in [-0.3, -0.25) is 19.5 Å². The molecule has 1 fully saturated rings. The number of ether oxygens (including phenoxy) is 2. The van der Waals surface area contributed by atoms with Gasteiger partial charge in [-0.05, 0) is 54.6 Å². The Kier molecular flexibility index (Phi) is 7.19. The Morgan fingerprint density at radius 2 is 1.97 bits per heavy atom. The number of nitrogens with zero attached hydrogens (tertiary/aromatic N) is 2. The first-order valence-corrected chi connectivity index (χ1v) is 10.3. The van der Waals surface area contributed by atoms with Gasteiger partial charge >= 0.3 is 0 Å². The zero-order valence-corrected chi connectivity index (χ0v) is 17.9. The predicted molar refractivity (Wildman–Crippen MR) is 119 cm³/mol. The number of amides is 2. The third-order valence-electron chi connectivity index (χ3n) is 4.39. The number of rotatable bonds is 8. The molecule has 31 heavy (non-hydrogen) atoms. The van der Waals surface area contributed by atoms with Gasteiger partial charge in [0.1, 0.15) is 0 Å². The molecule has 1 heterocycles. The van der Waals surface area contributed by atoms with Crippen molar-refractivity contribution in [3.8, 4) is 23.0 Å². The number of carbonyl (C=O) groups excluding carboxylic acids is 2. The van der Waals surface area contributed by atoms with Crippen molar-refractivity contribution in [1.82, 2.24) is 4.90 Å². The molecule has 0 atom stereocenters. The van der Waals surface area contributed by atoms with Crippen LogP contribution in [0.4, 0.5) is 4.79 Å². The summed E-state index contributed by atoms with van der Waals surface area (Å²) in [4.78, 5) is 30.5. The number of carbonyl (C=O) groups is 2. The number of phenolic OH excluding ortho intramolecular Hbond substituents is 2. The summed E-state index contributed by atoms with van der Waals surface area (Å²) in [7, 11) is 1.53. The minimum absolute atomic E-state index is 0.102. The number of imide groups is 1. The topological polar surface area (TPSA) is 109 Å². The normalized spacial score (nSPS) is 15.3. The van der Waals surface area contributed by atoms with Crippen LogP contribution >= 0.6 is 11.8 Å². The Morgan fingerprint density at radius 1 is 1.16 bits per heavy atom. The van der Waals surface area contributed by atoms with E-state index in [-0.39, 0.29) is 29.8 Å². The lowest BCUT2D eigenvalue weighted by Gasteiger charge is -2.10. The van der Waals surface area contributed by atoms with Crippen LogP contribution in [0.3, 0.4) is 0 Å². The van der Waals surface area contributed by atoms with Gasteiger partial charge in [-0.25, -0.2) is 0 Å². The Labute approximate surface area is 183 Å². The van der Waals surface area contributed by atoms with E-state index in [4.69, 9.17) is 9.47 Å². The molecule has 2 amide bonds. The summed E-state index contributed by atoms with van der Waals surface area (Å²) < 4.78 is 10.8. The maximum absolute atomic E-state index is 12.6. The number of methoxy groups -OCH3 is 1. The van der Waals surface area contributed by atoms with Crippen molar-refractivity contribution in [3.63, 3.8) is 0 Å². The summed E-state index contributed by atoms with van der Waals surface area (Å²) in [5, 5.41) is 18.9. The average molecular weight is 442 g/mol. The monoisotopic (exact) mass is 442 g/mol. The lowest BCUT2D eigenvalue weighted by Crippen LogP contribution is -2.30. The van der Waals surface area contributed by atoms with Gasteiger partial charge in [0.2, 0.25) is 0 Å². The molecule has 0 spiro atoms. The van der Waals surface area contributed by atoms with Crippen LogP contribution in [0.25, 0.3) is 6.08 Å². The molecule has 0 aromatic heterocycles. The van der Waals surface area contributed by atoms with Gasteiger partial charge in [-0.15, -0.1) is 0 Å². The fourth-order valence-electron chi connectivity index (χ4n) is 2.87. The summed E-state index contributed by atoms with van der Waals surface area (Å²) in [6.07, 6.45) is 3.02. The van der Waals surface area contributed by atoms with Gasteiger partial charge in [-0.1, -0.05) is 12.1 Å². The van der Waals surface area contributed by atoms with E-state index < -0.39 is 5.91 Å². The van der Waals surface area contributed by atoms with Gasteiger partial charge in [0.15, 0.2) is 23.0 Å². The van der Waals surface area contributed by atoms with E-state index in [1.54, 1.807) is 36.4 Å². The third kappa shape index (κ3) is 5.18. The van der Waals surface area contributed by atoms with Crippen LogP contribution < -0.4 is 9.47 Å². The molecule has 1 aliphatic rings. The van der Waals surface area contributed by atoms with E-state index in [0.29, 0.717) is 34.1 Å². The highest BCUT2D eigenvalue weighted by molar-refractivity contribution is 8.18. The number of para-hydroxylation sites is 1. The van der Waals surface area contributed by atoms with Crippen molar-refractivity contribution in [2.75, 3.05) is 26.8 Å².